The molecule has 0 radical (unpaired) electrons. The number of rotatable bonds is 4. The number of nitrogens with zero attached hydrogens (tertiary/aromatic N) is 1. The molecule has 22 heavy (non-hydrogen) atoms. The lowest BCUT2D eigenvalue weighted by molar-refractivity contribution is -0.124. The maximum absolute atomic E-state index is 12.4. The minimum Gasteiger partial charge on any atom is -0.347 e. The van der Waals surface area contributed by atoms with E-state index < -0.39 is 5.54 Å². The van der Waals surface area contributed by atoms with Crippen LogP contribution in [-0.2, 0) is 10.3 Å². The molecule has 1 atom stereocenters. The highest BCUT2D eigenvalue weighted by Crippen LogP contribution is 2.29. The van der Waals surface area contributed by atoms with E-state index in [-0.39, 0.29) is 5.91 Å². The van der Waals surface area contributed by atoms with Crippen LogP contribution in [0.3, 0.4) is 0 Å². The van der Waals surface area contributed by atoms with Crippen molar-refractivity contribution in [3.8, 4) is 0 Å². The second-order valence-corrected chi connectivity index (χ2v) is 7.54. The second-order valence-electron chi connectivity index (χ2n) is 7.13. The van der Waals surface area contributed by atoms with Crippen LogP contribution in [0.15, 0.2) is 18.2 Å². The SMILES string of the molecule is Cc1ccc(Cl)c(C(C)(C)NC(=O)C[C@@H]2CCCN(C)C2)c1. The van der Waals surface area contributed by atoms with Gasteiger partial charge in [0.15, 0.2) is 0 Å². The van der Waals surface area contributed by atoms with Gasteiger partial charge >= 0.3 is 0 Å². The maximum Gasteiger partial charge on any atom is 0.220 e. The zero-order chi connectivity index (χ0) is 16.3. The molecule has 122 valence electrons. The van der Waals surface area contributed by atoms with Gasteiger partial charge in [-0.25, -0.2) is 0 Å². The Labute approximate surface area is 139 Å². The fraction of sp³-hybridized carbons (Fsp3) is 0.611. The number of halogens is 1. The molecule has 1 aliphatic rings. The number of carbonyl (C=O) groups is 1. The Morgan fingerprint density at radius 2 is 2.18 bits per heavy atom. The van der Waals surface area contributed by atoms with Crippen LogP contribution in [0.5, 0.6) is 0 Å². The molecule has 0 unspecified atom stereocenters. The normalized spacial score (nSPS) is 20.0. The number of aryl methyl sites for hydroxylation is 1. The molecule has 1 aromatic carbocycles. The van der Waals surface area contributed by atoms with Gasteiger partial charge in [-0.3, -0.25) is 4.79 Å². The molecular weight excluding hydrogens is 296 g/mol. The predicted octanol–water partition coefficient (Wildman–Crippen LogP) is 3.73. The molecule has 4 heteroatoms. The number of nitrogens with one attached hydrogen (secondary N) is 1. The molecule has 1 saturated heterocycles. The monoisotopic (exact) mass is 322 g/mol. The van der Waals surface area contributed by atoms with Crippen LogP contribution >= 0.6 is 11.6 Å². The van der Waals surface area contributed by atoms with Crippen LogP contribution in [0.25, 0.3) is 0 Å². The number of hydrogen-bond donors (Lipinski definition) is 1. The number of likely N-dealkylation sites (tertiary alicyclic amines) is 1. The highest BCUT2D eigenvalue weighted by molar-refractivity contribution is 6.31. The van der Waals surface area contributed by atoms with E-state index in [9.17, 15) is 4.79 Å². The van der Waals surface area contributed by atoms with Crippen LogP contribution < -0.4 is 5.32 Å². The van der Waals surface area contributed by atoms with E-state index in [1.165, 1.54) is 6.42 Å². The van der Waals surface area contributed by atoms with E-state index in [1.54, 1.807) is 0 Å². The van der Waals surface area contributed by atoms with Gasteiger partial charge in [-0.05, 0) is 64.8 Å². The van der Waals surface area contributed by atoms with Gasteiger partial charge in [0.05, 0.1) is 5.54 Å². The van der Waals surface area contributed by atoms with Crippen molar-refractivity contribution < 1.29 is 4.79 Å². The highest BCUT2D eigenvalue weighted by Gasteiger charge is 2.27. The Morgan fingerprint density at radius 3 is 2.86 bits per heavy atom. The summed E-state index contributed by atoms with van der Waals surface area (Å²) in [5.41, 5.74) is 1.67. The van der Waals surface area contributed by atoms with Gasteiger partial charge < -0.3 is 10.2 Å². The van der Waals surface area contributed by atoms with Crippen LogP contribution in [0.1, 0.15) is 44.2 Å². The van der Waals surface area contributed by atoms with Gasteiger partial charge in [-0.15, -0.1) is 0 Å². The first-order chi connectivity index (χ1) is 10.3. The molecule has 1 aromatic rings. The van der Waals surface area contributed by atoms with E-state index >= 15 is 0 Å². The molecular formula is C18H27ClN2O. The summed E-state index contributed by atoms with van der Waals surface area (Å²) in [6, 6.07) is 5.94. The summed E-state index contributed by atoms with van der Waals surface area (Å²) in [4.78, 5) is 14.7. The molecule has 0 saturated carbocycles. The van der Waals surface area contributed by atoms with E-state index in [0.717, 1.165) is 30.6 Å². The smallest absolute Gasteiger partial charge is 0.220 e. The lowest BCUT2D eigenvalue weighted by atomic mass is 9.91. The third-order valence-corrected chi connectivity index (χ3v) is 4.77. The Bertz CT molecular complexity index is 542. The molecule has 0 bridgehead atoms. The van der Waals surface area contributed by atoms with Crippen LogP contribution in [-0.4, -0.2) is 30.9 Å². The molecule has 1 amide bonds. The first kappa shape index (κ1) is 17.3. The number of amides is 1. The fourth-order valence-corrected chi connectivity index (χ4v) is 3.64. The number of hydrogen-bond acceptors (Lipinski definition) is 2. The minimum absolute atomic E-state index is 0.114. The van der Waals surface area contributed by atoms with Crippen molar-refractivity contribution in [1.82, 2.24) is 10.2 Å². The summed E-state index contributed by atoms with van der Waals surface area (Å²) in [6.07, 6.45) is 2.92. The summed E-state index contributed by atoms with van der Waals surface area (Å²) in [7, 11) is 2.13. The van der Waals surface area contributed by atoms with Gasteiger partial charge in [0.25, 0.3) is 0 Å². The number of benzene rings is 1. The van der Waals surface area contributed by atoms with Crippen molar-refractivity contribution in [2.75, 3.05) is 20.1 Å². The van der Waals surface area contributed by atoms with E-state index in [1.807, 2.05) is 32.9 Å². The molecule has 1 heterocycles. The number of carbonyl (C=O) groups excluding carboxylic acids is 1. The van der Waals surface area contributed by atoms with E-state index in [0.29, 0.717) is 17.4 Å². The zero-order valence-corrected chi connectivity index (χ0v) is 14.8. The topological polar surface area (TPSA) is 32.3 Å². The van der Waals surface area contributed by atoms with Gasteiger partial charge in [-0.2, -0.15) is 0 Å². The predicted molar refractivity (Wildman–Crippen MR) is 92.2 cm³/mol. The molecule has 0 aliphatic carbocycles. The summed E-state index contributed by atoms with van der Waals surface area (Å²) in [6.45, 7) is 8.22. The molecule has 0 spiro atoms. The van der Waals surface area contributed by atoms with Gasteiger partial charge in [-0.1, -0.05) is 29.3 Å². The zero-order valence-electron chi connectivity index (χ0n) is 14.1. The largest absolute Gasteiger partial charge is 0.347 e. The lowest BCUT2D eigenvalue weighted by Crippen LogP contribution is -2.43. The average Bonchev–Trinajstić information content (AvgIpc) is 2.40. The highest BCUT2D eigenvalue weighted by atomic mass is 35.5. The minimum atomic E-state index is -0.458. The molecule has 1 N–H and O–H groups in total. The fourth-order valence-electron chi connectivity index (χ4n) is 3.29. The van der Waals surface area contributed by atoms with Crippen molar-refractivity contribution in [1.29, 1.82) is 0 Å². The Kier molecular flexibility index (Phi) is 5.51. The third kappa shape index (κ3) is 4.47. The quantitative estimate of drug-likeness (QED) is 0.916. The molecule has 2 rings (SSSR count). The third-order valence-electron chi connectivity index (χ3n) is 4.44. The second kappa shape index (κ2) is 7.01. The first-order valence-corrected chi connectivity index (χ1v) is 8.42. The molecule has 1 fully saturated rings. The summed E-state index contributed by atoms with van der Waals surface area (Å²) < 4.78 is 0. The first-order valence-electron chi connectivity index (χ1n) is 8.04. The Morgan fingerprint density at radius 1 is 1.45 bits per heavy atom. The standard InChI is InChI=1S/C18H27ClN2O/c1-13-7-8-16(19)15(10-13)18(2,3)20-17(22)11-14-6-5-9-21(4)12-14/h7-8,10,14H,5-6,9,11-12H2,1-4H3,(H,20,22)/t14-/m0/s1. The van der Waals surface area contributed by atoms with E-state index in [4.69, 9.17) is 11.6 Å². The Hall–Kier alpha value is -1.06. The van der Waals surface area contributed by atoms with Gasteiger partial charge in [0, 0.05) is 18.0 Å². The van der Waals surface area contributed by atoms with Crippen molar-refractivity contribution in [3.63, 3.8) is 0 Å². The molecule has 1 aliphatic heterocycles. The van der Waals surface area contributed by atoms with Crippen molar-refractivity contribution in [2.24, 2.45) is 5.92 Å². The van der Waals surface area contributed by atoms with Crippen molar-refractivity contribution in [3.05, 3.63) is 34.3 Å². The van der Waals surface area contributed by atoms with Gasteiger partial charge in [0.2, 0.25) is 5.91 Å². The Balaban J connectivity index is 2.01. The van der Waals surface area contributed by atoms with Crippen LogP contribution in [0.2, 0.25) is 5.02 Å². The summed E-state index contributed by atoms with van der Waals surface area (Å²) in [5.74, 6) is 0.574. The van der Waals surface area contributed by atoms with E-state index in [2.05, 4.69) is 23.3 Å². The lowest BCUT2D eigenvalue weighted by Gasteiger charge is -2.32. The van der Waals surface area contributed by atoms with Crippen LogP contribution in [0, 0.1) is 12.8 Å². The summed E-state index contributed by atoms with van der Waals surface area (Å²) >= 11 is 6.32. The number of piperidine rings is 1. The van der Waals surface area contributed by atoms with Gasteiger partial charge in [0.1, 0.15) is 0 Å². The maximum atomic E-state index is 12.4. The summed E-state index contributed by atoms with van der Waals surface area (Å²) in [5, 5.41) is 3.86. The van der Waals surface area contributed by atoms with Crippen molar-refractivity contribution >= 4 is 17.5 Å². The van der Waals surface area contributed by atoms with Crippen LogP contribution in [0.4, 0.5) is 0 Å². The molecule has 0 aromatic heterocycles. The average molecular weight is 323 g/mol. The van der Waals surface area contributed by atoms with Crippen molar-refractivity contribution in [2.45, 2.75) is 45.6 Å². The molecule has 3 nitrogen and oxygen atoms in total.